The van der Waals surface area contributed by atoms with E-state index in [1.165, 1.54) is 11.3 Å². The molecule has 0 aromatic carbocycles. The fourth-order valence-electron chi connectivity index (χ4n) is 2.91. The van der Waals surface area contributed by atoms with Crippen LogP contribution in [0.25, 0.3) is 10.7 Å². The highest BCUT2D eigenvalue weighted by molar-refractivity contribution is 7.13. The molecule has 3 aromatic heterocycles. The molecule has 0 aliphatic carbocycles. The van der Waals surface area contributed by atoms with Crippen molar-refractivity contribution in [3.8, 4) is 10.7 Å². The zero-order valence-corrected chi connectivity index (χ0v) is 13.8. The molecule has 1 saturated heterocycles. The fraction of sp³-hybridized carbons (Fsp3) is 0.312. The van der Waals surface area contributed by atoms with Gasteiger partial charge in [0.2, 0.25) is 0 Å². The van der Waals surface area contributed by atoms with Crippen molar-refractivity contribution < 1.29 is 4.79 Å². The summed E-state index contributed by atoms with van der Waals surface area (Å²) in [6.07, 6.45) is 10.6. The molecule has 122 valence electrons. The van der Waals surface area contributed by atoms with E-state index < -0.39 is 0 Å². The Balaban J connectivity index is 1.50. The zero-order chi connectivity index (χ0) is 16.4. The van der Waals surface area contributed by atoms with Crippen molar-refractivity contribution in [2.75, 3.05) is 13.1 Å². The van der Waals surface area contributed by atoms with Crippen LogP contribution in [0.2, 0.25) is 0 Å². The first-order valence-electron chi connectivity index (χ1n) is 7.81. The van der Waals surface area contributed by atoms with Crippen LogP contribution in [0, 0.1) is 0 Å². The number of hydrogen-bond donors (Lipinski definition) is 0. The Labute approximate surface area is 143 Å². The summed E-state index contributed by atoms with van der Waals surface area (Å²) in [7, 11) is 0. The van der Waals surface area contributed by atoms with Gasteiger partial charge in [-0.25, -0.2) is 4.98 Å². The molecule has 8 heteroatoms. The van der Waals surface area contributed by atoms with Crippen LogP contribution >= 0.6 is 11.3 Å². The molecule has 4 heterocycles. The van der Waals surface area contributed by atoms with E-state index in [1.54, 1.807) is 30.2 Å². The minimum absolute atomic E-state index is 0.0294. The summed E-state index contributed by atoms with van der Waals surface area (Å²) in [5.74, 6) is -0.0294. The van der Waals surface area contributed by atoms with Gasteiger partial charge in [0.25, 0.3) is 5.91 Å². The van der Waals surface area contributed by atoms with Gasteiger partial charge in [-0.15, -0.1) is 11.3 Å². The molecule has 0 saturated carbocycles. The Morgan fingerprint density at radius 3 is 3.04 bits per heavy atom. The molecule has 7 nitrogen and oxygen atoms in total. The van der Waals surface area contributed by atoms with Gasteiger partial charge in [-0.2, -0.15) is 5.10 Å². The van der Waals surface area contributed by atoms with Crippen LogP contribution in [0.3, 0.4) is 0 Å². The largest absolute Gasteiger partial charge is 0.335 e. The molecule has 0 bridgehead atoms. The molecule has 3 aromatic rings. The molecular formula is C16H16N6OS. The van der Waals surface area contributed by atoms with E-state index in [-0.39, 0.29) is 11.9 Å². The number of nitrogens with zero attached hydrogens (tertiary/aromatic N) is 6. The van der Waals surface area contributed by atoms with Gasteiger partial charge in [-0.1, -0.05) is 0 Å². The Bertz CT molecular complexity index is 816. The average molecular weight is 340 g/mol. The first-order chi connectivity index (χ1) is 11.8. The van der Waals surface area contributed by atoms with Gasteiger partial charge in [0, 0.05) is 43.3 Å². The van der Waals surface area contributed by atoms with Crippen LogP contribution in [0.5, 0.6) is 0 Å². The Kier molecular flexibility index (Phi) is 4.04. The normalized spacial score (nSPS) is 17.8. The van der Waals surface area contributed by atoms with Crippen molar-refractivity contribution in [1.29, 1.82) is 0 Å². The summed E-state index contributed by atoms with van der Waals surface area (Å²) in [5.41, 5.74) is 1.16. The van der Waals surface area contributed by atoms with Crippen molar-refractivity contribution in [2.24, 2.45) is 0 Å². The standard InChI is InChI=1S/C16H16N6OS/c23-16(14-11-24-15(20-14)13-9-17-5-6-18-13)21-7-1-3-12(10-21)22-8-2-4-19-22/h2,4-6,8-9,11-12H,1,3,7,10H2/t12-/m0/s1. The summed E-state index contributed by atoms with van der Waals surface area (Å²) in [6, 6.07) is 2.14. The lowest BCUT2D eigenvalue weighted by atomic mass is 10.1. The molecule has 0 spiro atoms. The number of aromatic nitrogens is 5. The summed E-state index contributed by atoms with van der Waals surface area (Å²) in [5, 5.41) is 6.81. The van der Waals surface area contributed by atoms with E-state index >= 15 is 0 Å². The van der Waals surface area contributed by atoms with Crippen LogP contribution in [0.1, 0.15) is 29.4 Å². The summed E-state index contributed by atoms with van der Waals surface area (Å²) in [6.45, 7) is 1.42. The Hall–Kier alpha value is -2.61. The third-order valence-electron chi connectivity index (χ3n) is 4.09. The van der Waals surface area contributed by atoms with E-state index in [0.29, 0.717) is 22.9 Å². The van der Waals surface area contributed by atoms with E-state index in [9.17, 15) is 4.79 Å². The number of rotatable bonds is 3. The van der Waals surface area contributed by atoms with Gasteiger partial charge < -0.3 is 4.90 Å². The maximum absolute atomic E-state index is 12.8. The Morgan fingerprint density at radius 1 is 1.29 bits per heavy atom. The SMILES string of the molecule is O=C(c1csc(-c2cnccn2)n1)N1CCC[C@H](n2cccn2)C1. The minimum Gasteiger partial charge on any atom is -0.335 e. The quantitative estimate of drug-likeness (QED) is 0.731. The molecule has 1 fully saturated rings. The van der Waals surface area contributed by atoms with Gasteiger partial charge >= 0.3 is 0 Å². The summed E-state index contributed by atoms with van der Waals surface area (Å²) in [4.78, 5) is 27.3. The van der Waals surface area contributed by atoms with Crippen molar-refractivity contribution in [1.82, 2.24) is 29.6 Å². The summed E-state index contributed by atoms with van der Waals surface area (Å²) < 4.78 is 1.94. The number of likely N-dealkylation sites (tertiary alicyclic amines) is 1. The van der Waals surface area contributed by atoms with Crippen molar-refractivity contribution >= 4 is 17.2 Å². The van der Waals surface area contributed by atoms with Crippen LogP contribution in [-0.2, 0) is 0 Å². The lowest BCUT2D eigenvalue weighted by Crippen LogP contribution is -2.41. The van der Waals surface area contributed by atoms with Gasteiger partial charge in [-0.05, 0) is 18.9 Å². The highest BCUT2D eigenvalue weighted by Crippen LogP contribution is 2.25. The molecule has 0 N–H and O–H groups in total. The molecule has 0 unspecified atom stereocenters. The number of carbonyl (C=O) groups is 1. The lowest BCUT2D eigenvalue weighted by Gasteiger charge is -2.32. The number of thiazole rings is 1. The van der Waals surface area contributed by atoms with Crippen LogP contribution in [0.15, 0.2) is 42.4 Å². The monoisotopic (exact) mass is 340 g/mol. The van der Waals surface area contributed by atoms with E-state index in [2.05, 4.69) is 20.1 Å². The maximum Gasteiger partial charge on any atom is 0.273 e. The third kappa shape index (κ3) is 2.92. The first kappa shape index (κ1) is 14.9. The van der Waals surface area contributed by atoms with Gasteiger partial charge in [0.1, 0.15) is 16.4 Å². The highest BCUT2D eigenvalue weighted by atomic mass is 32.1. The topological polar surface area (TPSA) is 76.8 Å². The predicted octanol–water partition coefficient (Wildman–Crippen LogP) is 2.27. The van der Waals surface area contributed by atoms with Crippen LogP contribution < -0.4 is 0 Å². The Morgan fingerprint density at radius 2 is 2.25 bits per heavy atom. The van der Waals surface area contributed by atoms with Gasteiger partial charge in [0.05, 0.1) is 12.2 Å². The molecule has 4 rings (SSSR count). The molecule has 1 atom stereocenters. The number of carbonyl (C=O) groups excluding carboxylic acids is 1. The molecule has 1 aliphatic heterocycles. The second-order valence-corrected chi connectivity index (χ2v) is 6.52. The van der Waals surface area contributed by atoms with E-state index in [4.69, 9.17) is 0 Å². The fourth-order valence-corrected chi connectivity index (χ4v) is 3.67. The van der Waals surface area contributed by atoms with Gasteiger partial charge in [0.15, 0.2) is 0 Å². The molecule has 1 aliphatic rings. The zero-order valence-electron chi connectivity index (χ0n) is 12.9. The van der Waals surface area contributed by atoms with Crippen molar-refractivity contribution in [3.63, 3.8) is 0 Å². The van der Waals surface area contributed by atoms with E-state index in [1.807, 2.05) is 21.8 Å². The second-order valence-electron chi connectivity index (χ2n) is 5.66. The van der Waals surface area contributed by atoms with Crippen molar-refractivity contribution in [3.05, 3.63) is 48.1 Å². The first-order valence-corrected chi connectivity index (χ1v) is 8.69. The molecule has 1 amide bonds. The molecular weight excluding hydrogens is 324 g/mol. The third-order valence-corrected chi connectivity index (χ3v) is 4.95. The minimum atomic E-state index is -0.0294. The van der Waals surface area contributed by atoms with Crippen LogP contribution in [0.4, 0.5) is 0 Å². The smallest absolute Gasteiger partial charge is 0.273 e. The highest BCUT2D eigenvalue weighted by Gasteiger charge is 2.27. The predicted molar refractivity (Wildman–Crippen MR) is 89.5 cm³/mol. The second kappa shape index (κ2) is 6.48. The molecule has 24 heavy (non-hydrogen) atoms. The summed E-state index contributed by atoms with van der Waals surface area (Å²) >= 11 is 1.41. The maximum atomic E-state index is 12.8. The average Bonchev–Trinajstić information content (AvgIpc) is 3.34. The van der Waals surface area contributed by atoms with Gasteiger partial charge in [-0.3, -0.25) is 19.4 Å². The number of piperidine rings is 1. The van der Waals surface area contributed by atoms with Crippen LogP contribution in [-0.4, -0.2) is 48.6 Å². The van der Waals surface area contributed by atoms with Crippen molar-refractivity contribution in [2.45, 2.75) is 18.9 Å². The molecule has 0 radical (unpaired) electrons. The number of amides is 1. The lowest BCUT2D eigenvalue weighted by molar-refractivity contribution is 0.0668. The van der Waals surface area contributed by atoms with E-state index in [0.717, 1.165) is 19.4 Å². The number of hydrogen-bond acceptors (Lipinski definition) is 6.